The van der Waals surface area contributed by atoms with Crippen molar-refractivity contribution in [3.05, 3.63) is 32.6 Å². The van der Waals surface area contributed by atoms with E-state index in [1.54, 1.807) is 4.90 Å². The highest BCUT2D eigenvalue weighted by atomic mass is 16.2. The molecule has 8 heteroatoms. The molecule has 0 aromatic carbocycles. The van der Waals surface area contributed by atoms with Crippen LogP contribution in [0.1, 0.15) is 37.7 Å². The van der Waals surface area contributed by atoms with Gasteiger partial charge in [-0.1, -0.05) is 6.42 Å². The molecular weight excluding hydrogens is 348 g/mol. The van der Waals surface area contributed by atoms with E-state index < -0.39 is 11.2 Å². The number of piperidine rings is 1. The van der Waals surface area contributed by atoms with Crippen molar-refractivity contribution in [2.45, 2.75) is 44.6 Å². The van der Waals surface area contributed by atoms with Crippen LogP contribution in [0.3, 0.4) is 0 Å². The quantitative estimate of drug-likeness (QED) is 0.794. The fraction of sp³-hybridized carbons (Fsp3) is 0.684. The lowest BCUT2D eigenvalue weighted by atomic mass is 9.83. The van der Waals surface area contributed by atoms with Crippen LogP contribution in [-0.2, 0) is 23.1 Å². The predicted octanol–water partition coefficient (Wildman–Crippen LogP) is -0.134. The molecule has 2 bridgehead atoms. The smallest absolute Gasteiger partial charge is 0.328 e. The molecule has 1 N–H and O–H groups in total. The van der Waals surface area contributed by atoms with Gasteiger partial charge in [0.05, 0.1) is 12.3 Å². The first-order chi connectivity index (χ1) is 12.9. The Morgan fingerprint density at radius 2 is 1.93 bits per heavy atom. The summed E-state index contributed by atoms with van der Waals surface area (Å²) >= 11 is 0. The van der Waals surface area contributed by atoms with Crippen molar-refractivity contribution in [3.63, 3.8) is 0 Å². The highest BCUT2D eigenvalue weighted by Crippen LogP contribution is 2.34. The van der Waals surface area contributed by atoms with Crippen molar-refractivity contribution in [2.75, 3.05) is 19.6 Å². The maximum Gasteiger partial charge on any atom is 0.328 e. The zero-order valence-electron chi connectivity index (χ0n) is 15.6. The minimum absolute atomic E-state index is 0.0558. The number of rotatable bonds is 4. The number of aromatic amines is 1. The molecule has 0 radical (unpaired) electrons. The van der Waals surface area contributed by atoms with E-state index >= 15 is 0 Å². The monoisotopic (exact) mass is 374 g/mol. The normalized spacial score (nSPS) is 25.4. The summed E-state index contributed by atoms with van der Waals surface area (Å²) in [5.74, 6) is 0.510. The third-order valence-electron chi connectivity index (χ3n) is 6.42. The number of amides is 2. The molecule has 0 unspecified atom stereocenters. The van der Waals surface area contributed by atoms with Crippen LogP contribution in [0.15, 0.2) is 15.8 Å². The molecule has 1 saturated carbocycles. The van der Waals surface area contributed by atoms with E-state index in [-0.39, 0.29) is 35.8 Å². The molecule has 146 valence electrons. The lowest BCUT2D eigenvalue weighted by Crippen LogP contribution is -2.50. The molecule has 4 heterocycles. The van der Waals surface area contributed by atoms with Gasteiger partial charge < -0.3 is 14.8 Å². The molecule has 1 aromatic rings. The van der Waals surface area contributed by atoms with Gasteiger partial charge in [0.25, 0.3) is 5.56 Å². The third kappa shape index (κ3) is 3.33. The minimum Gasteiger partial charge on any atom is -0.340 e. The Hall–Kier alpha value is -2.38. The highest BCUT2D eigenvalue weighted by Gasteiger charge is 2.42. The van der Waals surface area contributed by atoms with E-state index in [0.717, 1.165) is 24.0 Å². The standard InChI is InChI=1S/C19H26N4O4/c1-21-17(25)14(8-20-19(21)27)7-16(24)22-10-13-5-6-15(11-22)23(18(13)26)9-12-3-2-4-12/h8,12-13,15H,2-7,9-11H2,1H3,(H,20,27)/t13-,15+/m1/s1. The number of H-pyrrole nitrogens is 1. The number of hydrogen-bond acceptors (Lipinski definition) is 4. The molecule has 1 aliphatic carbocycles. The van der Waals surface area contributed by atoms with Crippen molar-refractivity contribution >= 4 is 11.8 Å². The molecule has 3 aliphatic heterocycles. The van der Waals surface area contributed by atoms with Crippen LogP contribution in [0.5, 0.6) is 0 Å². The Morgan fingerprint density at radius 3 is 2.63 bits per heavy atom. The van der Waals surface area contributed by atoms with Crippen LogP contribution in [0, 0.1) is 11.8 Å². The van der Waals surface area contributed by atoms with Crippen molar-refractivity contribution in [1.29, 1.82) is 0 Å². The lowest BCUT2D eigenvalue weighted by Gasteiger charge is -2.40. The third-order valence-corrected chi connectivity index (χ3v) is 6.42. The number of carbonyl (C=O) groups is 2. The van der Waals surface area contributed by atoms with Gasteiger partial charge in [0.2, 0.25) is 11.8 Å². The largest absolute Gasteiger partial charge is 0.340 e. The van der Waals surface area contributed by atoms with Gasteiger partial charge in [0.15, 0.2) is 0 Å². The molecule has 5 rings (SSSR count). The fourth-order valence-corrected chi connectivity index (χ4v) is 4.45. The average Bonchev–Trinajstić information content (AvgIpc) is 2.90. The second kappa shape index (κ2) is 6.98. The van der Waals surface area contributed by atoms with Crippen LogP contribution >= 0.6 is 0 Å². The maximum atomic E-state index is 12.8. The Labute approximate surface area is 157 Å². The summed E-state index contributed by atoms with van der Waals surface area (Å²) in [5.41, 5.74) is -0.676. The fourth-order valence-electron chi connectivity index (χ4n) is 4.45. The Bertz CT molecular complexity index is 869. The first-order valence-corrected chi connectivity index (χ1v) is 9.80. The van der Waals surface area contributed by atoms with Gasteiger partial charge in [-0.25, -0.2) is 4.79 Å². The van der Waals surface area contributed by atoms with Gasteiger partial charge >= 0.3 is 5.69 Å². The van der Waals surface area contributed by atoms with E-state index in [1.165, 1.54) is 32.5 Å². The van der Waals surface area contributed by atoms with Gasteiger partial charge in [-0.3, -0.25) is 19.0 Å². The SMILES string of the molecule is Cn1c(=O)[nH]cc(CC(=O)N2C[C@H]3CC[C@@H](C2)N(CC2CCC2)C3=O)c1=O. The molecule has 3 saturated heterocycles. The van der Waals surface area contributed by atoms with Crippen LogP contribution in [-0.4, -0.2) is 56.8 Å². The number of fused-ring (bicyclic) bond motifs is 4. The van der Waals surface area contributed by atoms with Gasteiger partial charge in [-0.15, -0.1) is 0 Å². The summed E-state index contributed by atoms with van der Waals surface area (Å²) in [7, 11) is 1.39. The number of nitrogens with one attached hydrogen (secondary N) is 1. The second-order valence-electron chi connectivity index (χ2n) is 8.17. The first-order valence-electron chi connectivity index (χ1n) is 9.80. The first kappa shape index (κ1) is 18.0. The zero-order valence-corrected chi connectivity index (χ0v) is 15.6. The summed E-state index contributed by atoms with van der Waals surface area (Å²) in [6.07, 6.45) is 6.67. The number of hydrogen-bond donors (Lipinski definition) is 1. The van der Waals surface area contributed by atoms with Crippen LogP contribution in [0.4, 0.5) is 0 Å². The van der Waals surface area contributed by atoms with Gasteiger partial charge in [0.1, 0.15) is 0 Å². The van der Waals surface area contributed by atoms with E-state index in [4.69, 9.17) is 0 Å². The molecule has 0 spiro atoms. The average molecular weight is 374 g/mol. The van der Waals surface area contributed by atoms with Crippen LogP contribution < -0.4 is 11.2 Å². The van der Waals surface area contributed by atoms with Gasteiger partial charge in [-0.2, -0.15) is 0 Å². The van der Waals surface area contributed by atoms with E-state index in [2.05, 4.69) is 4.98 Å². The molecule has 4 aliphatic rings. The summed E-state index contributed by atoms with van der Waals surface area (Å²) in [6, 6.07) is 0.0826. The molecule has 27 heavy (non-hydrogen) atoms. The lowest BCUT2D eigenvalue weighted by molar-refractivity contribution is -0.141. The summed E-state index contributed by atoms with van der Waals surface area (Å²) in [5, 5.41) is 0. The van der Waals surface area contributed by atoms with E-state index in [9.17, 15) is 19.2 Å². The summed E-state index contributed by atoms with van der Waals surface area (Å²) in [4.78, 5) is 55.6. The van der Waals surface area contributed by atoms with Gasteiger partial charge in [-0.05, 0) is 31.6 Å². The van der Waals surface area contributed by atoms with Crippen molar-refractivity contribution in [1.82, 2.24) is 19.4 Å². The van der Waals surface area contributed by atoms with E-state index in [1.807, 2.05) is 4.90 Å². The number of aromatic nitrogens is 2. The molecule has 8 nitrogen and oxygen atoms in total. The van der Waals surface area contributed by atoms with Crippen molar-refractivity contribution in [2.24, 2.45) is 18.9 Å². The van der Waals surface area contributed by atoms with Crippen LogP contribution in [0.25, 0.3) is 0 Å². The predicted molar refractivity (Wildman–Crippen MR) is 98.2 cm³/mol. The molecule has 2 atom stereocenters. The van der Waals surface area contributed by atoms with Crippen molar-refractivity contribution in [3.8, 4) is 0 Å². The topological polar surface area (TPSA) is 95.5 Å². The Morgan fingerprint density at radius 1 is 1.15 bits per heavy atom. The van der Waals surface area contributed by atoms with Crippen molar-refractivity contribution < 1.29 is 9.59 Å². The summed E-state index contributed by atoms with van der Waals surface area (Å²) in [6.45, 7) is 1.79. The molecule has 4 fully saturated rings. The van der Waals surface area contributed by atoms with Gasteiger partial charge in [0, 0.05) is 44.5 Å². The molecular formula is C19H26N4O4. The second-order valence-corrected chi connectivity index (χ2v) is 8.17. The highest BCUT2D eigenvalue weighted by molar-refractivity contribution is 5.84. The molecule has 2 amide bonds. The zero-order chi connectivity index (χ0) is 19.1. The summed E-state index contributed by atoms with van der Waals surface area (Å²) < 4.78 is 0.971. The Balaban J connectivity index is 1.49. The minimum atomic E-state index is -0.499. The van der Waals surface area contributed by atoms with E-state index in [0.29, 0.717) is 19.0 Å². The molecule has 1 aromatic heterocycles. The number of nitrogens with zero attached hydrogens (tertiary/aromatic N) is 3. The Kier molecular flexibility index (Phi) is 4.65. The maximum absolute atomic E-state index is 12.8. The van der Waals surface area contributed by atoms with Crippen LogP contribution in [0.2, 0.25) is 0 Å². The number of carbonyl (C=O) groups excluding carboxylic acids is 2.